The van der Waals surface area contributed by atoms with Gasteiger partial charge in [-0.25, -0.2) is 0 Å². The Hall–Kier alpha value is -1.00. The van der Waals surface area contributed by atoms with Gasteiger partial charge in [0.15, 0.2) is 0 Å². The molecule has 0 aliphatic carbocycles. The number of aryl methyl sites for hydroxylation is 1. The predicted octanol–water partition coefficient (Wildman–Crippen LogP) is 2.82. The zero-order valence-electron chi connectivity index (χ0n) is 12.6. The van der Waals surface area contributed by atoms with Gasteiger partial charge in [-0.05, 0) is 30.2 Å². The molecule has 0 spiro atoms. The number of rotatable bonds is 6. The quantitative estimate of drug-likeness (QED) is 0.875. The molecule has 1 heterocycles. The molecule has 110 valence electrons. The van der Waals surface area contributed by atoms with Gasteiger partial charge in [-0.3, -0.25) is 10.1 Å². The van der Waals surface area contributed by atoms with E-state index in [0.29, 0.717) is 12.6 Å². The maximum Gasteiger partial charge on any atom is 0.238 e. The van der Waals surface area contributed by atoms with E-state index in [1.165, 1.54) is 11.1 Å². The summed E-state index contributed by atoms with van der Waals surface area (Å²) in [6.07, 6.45) is 4.18. The number of nitrogens with one attached hydrogen (secondary N) is 1. The van der Waals surface area contributed by atoms with Gasteiger partial charge in [0.25, 0.3) is 0 Å². The summed E-state index contributed by atoms with van der Waals surface area (Å²) in [5, 5.41) is 3.35. The van der Waals surface area contributed by atoms with E-state index in [1.807, 2.05) is 4.90 Å². The van der Waals surface area contributed by atoms with Crippen LogP contribution in [0.15, 0.2) is 24.3 Å². The van der Waals surface area contributed by atoms with E-state index < -0.39 is 0 Å². The standard InChI is InChI=1S/C16H24N2OS/c1-4-12-6-8-13(9-7-12)16-17-10-15(19)18(16)14(5-2)11-20-3/h6-9,14,16-17H,4-5,10-11H2,1-3H3. The largest absolute Gasteiger partial charge is 0.318 e. The Morgan fingerprint density at radius 1 is 1.35 bits per heavy atom. The molecule has 2 unspecified atom stereocenters. The summed E-state index contributed by atoms with van der Waals surface area (Å²) < 4.78 is 0. The van der Waals surface area contributed by atoms with E-state index in [1.54, 1.807) is 11.8 Å². The first-order valence-corrected chi connectivity index (χ1v) is 8.72. The van der Waals surface area contributed by atoms with Crippen LogP contribution < -0.4 is 5.32 Å². The minimum absolute atomic E-state index is 0.0329. The minimum atomic E-state index is 0.0329. The lowest BCUT2D eigenvalue weighted by Gasteiger charge is -2.32. The van der Waals surface area contributed by atoms with Gasteiger partial charge >= 0.3 is 0 Å². The Kier molecular flexibility index (Phi) is 5.49. The van der Waals surface area contributed by atoms with Gasteiger partial charge in [0.1, 0.15) is 6.17 Å². The van der Waals surface area contributed by atoms with Gasteiger partial charge in [0.2, 0.25) is 5.91 Å². The van der Waals surface area contributed by atoms with Gasteiger partial charge in [0.05, 0.1) is 6.54 Å². The highest BCUT2D eigenvalue weighted by Gasteiger charge is 2.35. The third-order valence-electron chi connectivity index (χ3n) is 3.94. The first kappa shape index (κ1) is 15.4. The van der Waals surface area contributed by atoms with Crippen molar-refractivity contribution in [1.82, 2.24) is 10.2 Å². The molecule has 3 nitrogen and oxygen atoms in total. The van der Waals surface area contributed by atoms with Gasteiger partial charge in [-0.2, -0.15) is 11.8 Å². The Labute approximate surface area is 126 Å². The fourth-order valence-electron chi connectivity index (χ4n) is 2.73. The zero-order chi connectivity index (χ0) is 14.5. The van der Waals surface area contributed by atoms with Crippen LogP contribution in [0.4, 0.5) is 0 Å². The van der Waals surface area contributed by atoms with Crippen molar-refractivity contribution >= 4 is 17.7 Å². The molecule has 2 atom stereocenters. The molecule has 0 bridgehead atoms. The van der Waals surface area contributed by atoms with E-state index in [9.17, 15) is 4.79 Å². The number of hydrogen-bond acceptors (Lipinski definition) is 3. The van der Waals surface area contributed by atoms with Crippen molar-refractivity contribution in [2.45, 2.75) is 38.9 Å². The molecule has 1 aromatic rings. The predicted molar refractivity (Wildman–Crippen MR) is 85.9 cm³/mol. The number of benzene rings is 1. The molecule has 0 aromatic heterocycles. The summed E-state index contributed by atoms with van der Waals surface area (Å²) in [7, 11) is 0. The molecule has 0 saturated carbocycles. The van der Waals surface area contributed by atoms with Crippen molar-refractivity contribution < 1.29 is 4.79 Å². The second kappa shape index (κ2) is 7.14. The average Bonchev–Trinajstić information content (AvgIpc) is 2.86. The zero-order valence-corrected chi connectivity index (χ0v) is 13.4. The van der Waals surface area contributed by atoms with Crippen LogP contribution in [0.1, 0.15) is 37.6 Å². The fraction of sp³-hybridized carbons (Fsp3) is 0.562. The SMILES string of the molecule is CCc1ccc(C2NCC(=O)N2C(CC)CSC)cc1. The van der Waals surface area contributed by atoms with Gasteiger partial charge in [-0.1, -0.05) is 38.1 Å². The number of amides is 1. The summed E-state index contributed by atoms with van der Waals surface area (Å²) in [5.41, 5.74) is 2.52. The topological polar surface area (TPSA) is 32.3 Å². The van der Waals surface area contributed by atoms with Gasteiger partial charge in [-0.15, -0.1) is 0 Å². The maximum absolute atomic E-state index is 12.2. The normalized spacial score (nSPS) is 20.4. The van der Waals surface area contributed by atoms with Crippen LogP contribution >= 0.6 is 11.8 Å². The lowest BCUT2D eigenvalue weighted by Crippen LogP contribution is -2.40. The van der Waals surface area contributed by atoms with Crippen LogP contribution in [0.5, 0.6) is 0 Å². The Morgan fingerprint density at radius 3 is 2.60 bits per heavy atom. The van der Waals surface area contributed by atoms with E-state index >= 15 is 0 Å². The maximum atomic E-state index is 12.2. The smallest absolute Gasteiger partial charge is 0.238 e. The lowest BCUT2D eigenvalue weighted by atomic mass is 10.1. The average molecular weight is 292 g/mol. The van der Waals surface area contributed by atoms with Crippen molar-refractivity contribution in [3.8, 4) is 0 Å². The van der Waals surface area contributed by atoms with Crippen molar-refractivity contribution in [1.29, 1.82) is 0 Å². The Bertz CT molecular complexity index is 446. The highest BCUT2D eigenvalue weighted by Crippen LogP contribution is 2.27. The summed E-state index contributed by atoms with van der Waals surface area (Å²) in [5.74, 6) is 1.21. The molecule has 2 rings (SSSR count). The molecule has 1 fully saturated rings. The molecule has 1 saturated heterocycles. The van der Waals surface area contributed by atoms with E-state index in [0.717, 1.165) is 18.6 Å². The summed E-state index contributed by atoms with van der Waals surface area (Å²) in [6.45, 7) is 4.76. The molecule has 1 N–H and O–H groups in total. The van der Waals surface area contributed by atoms with Crippen molar-refractivity contribution in [3.63, 3.8) is 0 Å². The van der Waals surface area contributed by atoms with Gasteiger partial charge < -0.3 is 4.90 Å². The van der Waals surface area contributed by atoms with Crippen molar-refractivity contribution in [2.24, 2.45) is 0 Å². The van der Waals surface area contributed by atoms with Crippen molar-refractivity contribution in [2.75, 3.05) is 18.6 Å². The van der Waals surface area contributed by atoms with Crippen LogP contribution in [0, 0.1) is 0 Å². The van der Waals surface area contributed by atoms with Crippen LogP contribution in [0.3, 0.4) is 0 Å². The monoisotopic (exact) mass is 292 g/mol. The van der Waals surface area contributed by atoms with Crippen LogP contribution in [-0.2, 0) is 11.2 Å². The number of nitrogens with zero attached hydrogens (tertiary/aromatic N) is 1. The summed E-state index contributed by atoms with van der Waals surface area (Å²) in [6, 6.07) is 8.92. The number of hydrogen-bond donors (Lipinski definition) is 1. The summed E-state index contributed by atoms with van der Waals surface area (Å²) >= 11 is 1.80. The Morgan fingerprint density at radius 2 is 2.05 bits per heavy atom. The van der Waals surface area contributed by atoms with E-state index in [-0.39, 0.29) is 12.1 Å². The molecular weight excluding hydrogens is 268 g/mol. The van der Waals surface area contributed by atoms with Gasteiger partial charge in [0, 0.05) is 11.8 Å². The molecule has 1 aliphatic heterocycles. The van der Waals surface area contributed by atoms with E-state index in [4.69, 9.17) is 0 Å². The number of carbonyl (C=O) groups excluding carboxylic acids is 1. The first-order valence-electron chi connectivity index (χ1n) is 7.33. The summed E-state index contributed by atoms with van der Waals surface area (Å²) in [4.78, 5) is 14.2. The fourth-order valence-corrected chi connectivity index (χ4v) is 3.51. The molecule has 4 heteroatoms. The highest BCUT2D eigenvalue weighted by molar-refractivity contribution is 7.98. The van der Waals surface area contributed by atoms with Crippen molar-refractivity contribution in [3.05, 3.63) is 35.4 Å². The number of carbonyl (C=O) groups is 1. The molecule has 20 heavy (non-hydrogen) atoms. The molecule has 0 radical (unpaired) electrons. The molecule has 1 aliphatic rings. The van der Waals surface area contributed by atoms with Crippen LogP contribution in [-0.4, -0.2) is 35.4 Å². The second-order valence-electron chi connectivity index (χ2n) is 5.20. The third-order valence-corrected chi connectivity index (χ3v) is 4.66. The van der Waals surface area contributed by atoms with Crippen LogP contribution in [0.25, 0.3) is 0 Å². The van der Waals surface area contributed by atoms with E-state index in [2.05, 4.69) is 49.7 Å². The minimum Gasteiger partial charge on any atom is -0.318 e. The first-order chi connectivity index (χ1) is 9.71. The third kappa shape index (κ3) is 3.18. The highest BCUT2D eigenvalue weighted by atomic mass is 32.2. The Balaban J connectivity index is 2.21. The lowest BCUT2D eigenvalue weighted by molar-refractivity contribution is -0.130. The molecule has 1 aromatic carbocycles. The molecular formula is C16H24N2OS. The van der Waals surface area contributed by atoms with Crippen LogP contribution in [0.2, 0.25) is 0 Å². The second-order valence-corrected chi connectivity index (χ2v) is 6.11. The number of thioether (sulfide) groups is 1. The molecule has 1 amide bonds.